The lowest BCUT2D eigenvalue weighted by molar-refractivity contribution is -0.121. The lowest BCUT2D eigenvalue weighted by Gasteiger charge is -2.21. The van der Waals surface area contributed by atoms with Crippen molar-refractivity contribution < 1.29 is 18.7 Å². The predicted octanol–water partition coefficient (Wildman–Crippen LogP) is 3.59. The summed E-state index contributed by atoms with van der Waals surface area (Å²) in [5.41, 5.74) is 1.14. The molecule has 27 heavy (non-hydrogen) atoms. The van der Waals surface area contributed by atoms with Crippen LogP contribution in [0.1, 0.15) is 18.9 Å². The molecule has 0 fully saturated rings. The summed E-state index contributed by atoms with van der Waals surface area (Å²) < 4.78 is 18.7. The number of methoxy groups -OCH3 is 1. The van der Waals surface area contributed by atoms with Gasteiger partial charge in [-0.2, -0.15) is 0 Å². The number of amides is 2. The van der Waals surface area contributed by atoms with Crippen LogP contribution in [0.25, 0.3) is 0 Å². The molecular formula is C20H22ClFN2O3. The molecular weight excluding hydrogens is 371 g/mol. The minimum atomic E-state index is -0.286. The Labute approximate surface area is 163 Å². The van der Waals surface area contributed by atoms with Gasteiger partial charge in [-0.15, -0.1) is 0 Å². The van der Waals surface area contributed by atoms with Crippen molar-refractivity contribution in [1.29, 1.82) is 0 Å². The fourth-order valence-corrected chi connectivity index (χ4v) is 2.88. The fourth-order valence-electron chi connectivity index (χ4n) is 2.63. The predicted molar refractivity (Wildman–Crippen MR) is 104 cm³/mol. The summed E-state index contributed by atoms with van der Waals surface area (Å²) in [6.07, 6.45) is 0.531. The summed E-state index contributed by atoms with van der Waals surface area (Å²) >= 11 is 6.11. The first kappa shape index (κ1) is 20.7. The number of hydrogen-bond acceptors (Lipinski definition) is 3. The lowest BCUT2D eigenvalue weighted by atomic mass is 10.1. The largest absolute Gasteiger partial charge is 0.495 e. The van der Waals surface area contributed by atoms with Gasteiger partial charge in [-0.1, -0.05) is 29.8 Å². The third-order valence-electron chi connectivity index (χ3n) is 4.06. The zero-order chi connectivity index (χ0) is 19.8. The first-order valence-corrected chi connectivity index (χ1v) is 8.92. The van der Waals surface area contributed by atoms with Gasteiger partial charge in [-0.3, -0.25) is 9.59 Å². The van der Waals surface area contributed by atoms with Crippen LogP contribution in [0, 0.1) is 5.82 Å². The Hall–Kier alpha value is -2.60. The second-order valence-electron chi connectivity index (χ2n) is 5.93. The highest BCUT2D eigenvalue weighted by atomic mass is 35.5. The molecule has 0 saturated carbocycles. The van der Waals surface area contributed by atoms with Crippen molar-refractivity contribution in [2.45, 2.75) is 19.8 Å². The van der Waals surface area contributed by atoms with Crippen LogP contribution < -0.4 is 15.0 Å². The Morgan fingerprint density at radius 3 is 2.59 bits per heavy atom. The summed E-state index contributed by atoms with van der Waals surface area (Å²) in [5, 5.41) is 3.13. The van der Waals surface area contributed by atoms with Gasteiger partial charge in [0.2, 0.25) is 11.8 Å². The maximum atomic E-state index is 13.6. The number of anilines is 1. The highest BCUT2D eigenvalue weighted by Crippen LogP contribution is 2.29. The van der Waals surface area contributed by atoms with Crippen molar-refractivity contribution in [3.8, 4) is 5.75 Å². The van der Waals surface area contributed by atoms with E-state index in [2.05, 4.69) is 5.32 Å². The highest BCUT2D eigenvalue weighted by Gasteiger charge is 2.15. The van der Waals surface area contributed by atoms with Gasteiger partial charge in [0, 0.05) is 32.1 Å². The Bertz CT molecular complexity index is 814. The van der Waals surface area contributed by atoms with E-state index in [0.29, 0.717) is 35.0 Å². The molecule has 2 aromatic rings. The van der Waals surface area contributed by atoms with Crippen molar-refractivity contribution in [2.75, 3.05) is 25.1 Å². The zero-order valence-corrected chi connectivity index (χ0v) is 16.1. The number of ether oxygens (including phenoxy) is 1. The quantitative estimate of drug-likeness (QED) is 0.746. The average molecular weight is 393 g/mol. The van der Waals surface area contributed by atoms with Crippen LogP contribution in [-0.2, 0) is 16.0 Å². The number of rotatable bonds is 8. The van der Waals surface area contributed by atoms with E-state index in [1.165, 1.54) is 25.0 Å². The van der Waals surface area contributed by atoms with Crippen LogP contribution in [0.15, 0.2) is 42.5 Å². The number of nitrogens with zero attached hydrogens (tertiary/aromatic N) is 1. The number of nitrogens with one attached hydrogen (secondary N) is 1. The minimum absolute atomic E-state index is 0.125. The fraction of sp³-hybridized carbons (Fsp3) is 0.300. The van der Waals surface area contributed by atoms with Gasteiger partial charge in [-0.05, 0) is 36.2 Å². The Kier molecular flexibility index (Phi) is 7.61. The van der Waals surface area contributed by atoms with Gasteiger partial charge in [0.05, 0.1) is 12.1 Å². The molecule has 7 heteroatoms. The van der Waals surface area contributed by atoms with Crippen molar-refractivity contribution in [3.63, 3.8) is 0 Å². The number of carbonyl (C=O) groups is 2. The summed E-state index contributed by atoms with van der Waals surface area (Å²) in [7, 11) is 1.51. The molecule has 5 nitrogen and oxygen atoms in total. The average Bonchev–Trinajstić information content (AvgIpc) is 2.63. The molecule has 2 aromatic carbocycles. The maximum absolute atomic E-state index is 13.6. The molecule has 144 valence electrons. The monoisotopic (exact) mass is 392 g/mol. The second-order valence-corrected chi connectivity index (χ2v) is 6.34. The Morgan fingerprint density at radius 1 is 1.22 bits per heavy atom. The van der Waals surface area contributed by atoms with Crippen LogP contribution in [-0.4, -0.2) is 32.0 Å². The molecule has 0 aromatic heterocycles. The topological polar surface area (TPSA) is 58.6 Å². The zero-order valence-electron chi connectivity index (χ0n) is 15.3. The van der Waals surface area contributed by atoms with E-state index in [1.54, 1.807) is 36.4 Å². The molecule has 2 rings (SSSR count). The third-order valence-corrected chi connectivity index (χ3v) is 4.36. The molecule has 0 bridgehead atoms. The van der Waals surface area contributed by atoms with Gasteiger partial charge in [0.1, 0.15) is 11.6 Å². The summed E-state index contributed by atoms with van der Waals surface area (Å²) in [6, 6.07) is 11.5. The Balaban J connectivity index is 1.88. The van der Waals surface area contributed by atoms with E-state index < -0.39 is 0 Å². The van der Waals surface area contributed by atoms with Crippen LogP contribution in [0.3, 0.4) is 0 Å². The normalized spacial score (nSPS) is 10.4. The maximum Gasteiger partial charge on any atom is 0.223 e. The van der Waals surface area contributed by atoms with Crippen molar-refractivity contribution in [1.82, 2.24) is 5.32 Å². The molecule has 2 amide bonds. The molecule has 0 saturated heterocycles. The molecule has 0 aliphatic carbocycles. The molecule has 0 spiro atoms. The standard InChI is InChI=1S/C20H22ClFN2O3/c1-14(25)24(16-7-8-19(27-2)17(21)13-16)12-10-20(26)23-11-9-15-5-3-4-6-18(15)22/h3-8,13H,9-12H2,1-2H3,(H,23,26). The van der Waals surface area contributed by atoms with E-state index in [1.807, 2.05) is 0 Å². The van der Waals surface area contributed by atoms with Crippen LogP contribution in [0.2, 0.25) is 5.02 Å². The summed E-state index contributed by atoms with van der Waals surface area (Å²) in [4.78, 5) is 25.5. The van der Waals surface area contributed by atoms with Gasteiger partial charge in [0.15, 0.2) is 0 Å². The van der Waals surface area contributed by atoms with E-state index in [9.17, 15) is 14.0 Å². The molecule has 0 radical (unpaired) electrons. The van der Waals surface area contributed by atoms with Crippen molar-refractivity contribution in [3.05, 3.63) is 58.9 Å². The molecule has 0 aliphatic rings. The van der Waals surface area contributed by atoms with Crippen LogP contribution in [0.5, 0.6) is 5.75 Å². The minimum Gasteiger partial charge on any atom is -0.495 e. The first-order chi connectivity index (χ1) is 12.9. The van der Waals surface area contributed by atoms with Crippen LogP contribution in [0.4, 0.5) is 10.1 Å². The molecule has 0 aliphatic heterocycles. The highest BCUT2D eigenvalue weighted by molar-refractivity contribution is 6.32. The van der Waals surface area contributed by atoms with Crippen molar-refractivity contribution in [2.24, 2.45) is 0 Å². The third kappa shape index (κ3) is 5.96. The van der Waals surface area contributed by atoms with E-state index >= 15 is 0 Å². The SMILES string of the molecule is COc1ccc(N(CCC(=O)NCCc2ccccc2F)C(C)=O)cc1Cl. The number of halogens is 2. The molecule has 1 N–H and O–H groups in total. The van der Waals surface area contributed by atoms with E-state index in [4.69, 9.17) is 16.3 Å². The Morgan fingerprint density at radius 2 is 1.96 bits per heavy atom. The van der Waals surface area contributed by atoms with Gasteiger partial charge in [-0.25, -0.2) is 4.39 Å². The number of benzene rings is 2. The van der Waals surface area contributed by atoms with Gasteiger partial charge >= 0.3 is 0 Å². The first-order valence-electron chi connectivity index (χ1n) is 8.54. The summed E-state index contributed by atoms with van der Waals surface area (Å²) in [6.45, 7) is 1.96. The lowest BCUT2D eigenvalue weighted by Crippen LogP contribution is -2.34. The van der Waals surface area contributed by atoms with Gasteiger partial charge < -0.3 is 15.0 Å². The molecule has 0 atom stereocenters. The van der Waals surface area contributed by atoms with E-state index in [-0.39, 0.29) is 30.6 Å². The summed E-state index contributed by atoms with van der Waals surface area (Å²) in [5.74, 6) is -0.187. The van der Waals surface area contributed by atoms with Gasteiger partial charge in [0.25, 0.3) is 0 Å². The smallest absolute Gasteiger partial charge is 0.223 e. The molecule has 0 unspecified atom stereocenters. The number of hydrogen-bond donors (Lipinski definition) is 1. The molecule has 0 heterocycles. The van der Waals surface area contributed by atoms with E-state index in [0.717, 1.165) is 0 Å². The number of carbonyl (C=O) groups excluding carboxylic acids is 2. The second kappa shape index (κ2) is 9.92. The van der Waals surface area contributed by atoms with Crippen LogP contribution >= 0.6 is 11.6 Å². The van der Waals surface area contributed by atoms with Crippen molar-refractivity contribution >= 4 is 29.1 Å².